The molecule has 1 aliphatic rings. The van der Waals surface area contributed by atoms with Gasteiger partial charge >= 0.3 is 0 Å². The summed E-state index contributed by atoms with van der Waals surface area (Å²) in [6.45, 7) is 3.82. The first kappa shape index (κ1) is 15.0. The molecule has 1 heterocycles. The zero-order valence-electron chi connectivity index (χ0n) is 12.8. The highest BCUT2D eigenvalue weighted by Crippen LogP contribution is 2.30. The topological polar surface area (TPSA) is 24.5 Å². The Morgan fingerprint density at radius 2 is 1.77 bits per heavy atom. The zero-order valence-corrected chi connectivity index (χ0v) is 12.8. The average Bonchev–Trinajstić information content (AvgIpc) is 2.57. The van der Waals surface area contributed by atoms with Crippen LogP contribution in [0.3, 0.4) is 0 Å². The second-order valence-electron chi connectivity index (χ2n) is 5.52. The number of piperazine rings is 1. The summed E-state index contributed by atoms with van der Waals surface area (Å²) in [7, 11) is 1.66. The fraction of sp³-hybridized carbons (Fsp3) is 0.333. The number of hydrogen-bond acceptors (Lipinski definition) is 3. The Morgan fingerprint density at radius 3 is 2.41 bits per heavy atom. The summed E-state index contributed by atoms with van der Waals surface area (Å²) < 4.78 is 18.9. The van der Waals surface area contributed by atoms with Crippen molar-refractivity contribution in [3.8, 4) is 5.75 Å². The van der Waals surface area contributed by atoms with Gasteiger partial charge in [-0.05, 0) is 35.4 Å². The van der Waals surface area contributed by atoms with Crippen molar-refractivity contribution in [3.63, 3.8) is 0 Å². The Labute approximate surface area is 130 Å². The van der Waals surface area contributed by atoms with Crippen molar-refractivity contribution in [1.29, 1.82) is 0 Å². The lowest BCUT2D eigenvalue weighted by atomic mass is 9.96. The molecular weight excluding hydrogens is 279 g/mol. The molecule has 1 aliphatic heterocycles. The lowest BCUT2D eigenvalue weighted by molar-refractivity contribution is 0.198. The molecule has 0 spiro atoms. The molecule has 116 valence electrons. The molecule has 1 N–H and O–H groups in total. The maximum Gasteiger partial charge on any atom is 0.123 e. The third-order valence-corrected chi connectivity index (χ3v) is 4.11. The van der Waals surface area contributed by atoms with E-state index in [0.29, 0.717) is 0 Å². The second-order valence-corrected chi connectivity index (χ2v) is 5.52. The minimum atomic E-state index is -0.189. The van der Waals surface area contributed by atoms with Crippen LogP contribution in [0.5, 0.6) is 5.75 Å². The molecule has 1 saturated heterocycles. The second kappa shape index (κ2) is 6.90. The first-order chi connectivity index (χ1) is 10.8. The van der Waals surface area contributed by atoms with E-state index in [1.807, 2.05) is 18.2 Å². The maximum atomic E-state index is 13.7. The van der Waals surface area contributed by atoms with Crippen molar-refractivity contribution >= 4 is 0 Å². The Kier molecular flexibility index (Phi) is 4.71. The minimum absolute atomic E-state index is 0.0729. The Bertz CT molecular complexity index is 609. The predicted molar refractivity (Wildman–Crippen MR) is 85.7 cm³/mol. The lowest BCUT2D eigenvalue weighted by Crippen LogP contribution is -2.45. The number of nitrogens with one attached hydrogen (secondary N) is 1. The van der Waals surface area contributed by atoms with Gasteiger partial charge in [0.2, 0.25) is 0 Å². The molecule has 0 bridgehead atoms. The van der Waals surface area contributed by atoms with Gasteiger partial charge in [-0.15, -0.1) is 0 Å². The summed E-state index contributed by atoms with van der Waals surface area (Å²) in [6, 6.07) is 15.0. The Balaban J connectivity index is 1.97. The molecule has 1 atom stereocenters. The van der Waals surface area contributed by atoms with Crippen molar-refractivity contribution in [2.45, 2.75) is 6.04 Å². The highest BCUT2D eigenvalue weighted by molar-refractivity contribution is 5.36. The summed E-state index contributed by atoms with van der Waals surface area (Å²) in [4.78, 5) is 2.40. The summed E-state index contributed by atoms with van der Waals surface area (Å²) in [5.74, 6) is 0.646. The van der Waals surface area contributed by atoms with Crippen LogP contribution < -0.4 is 10.1 Å². The van der Waals surface area contributed by atoms with Crippen molar-refractivity contribution in [2.24, 2.45) is 0 Å². The molecule has 1 fully saturated rings. The van der Waals surface area contributed by atoms with Gasteiger partial charge < -0.3 is 10.1 Å². The quantitative estimate of drug-likeness (QED) is 0.939. The van der Waals surface area contributed by atoms with Crippen LogP contribution >= 0.6 is 0 Å². The number of ether oxygens (including phenoxy) is 1. The monoisotopic (exact) mass is 300 g/mol. The van der Waals surface area contributed by atoms with Crippen LogP contribution in [0.4, 0.5) is 4.39 Å². The number of halogens is 1. The van der Waals surface area contributed by atoms with Gasteiger partial charge in [0.05, 0.1) is 13.2 Å². The molecule has 0 aromatic heterocycles. The van der Waals surface area contributed by atoms with E-state index in [2.05, 4.69) is 22.3 Å². The molecule has 0 saturated carbocycles. The van der Waals surface area contributed by atoms with Gasteiger partial charge in [-0.3, -0.25) is 4.90 Å². The third kappa shape index (κ3) is 3.29. The molecule has 22 heavy (non-hydrogen) atoms. The predicted octanol–water partition coefficient (Wildman–Crippen LogP) is 2.83. The van der Waals surface area contributed by atoms with E-state index in [1.165, 1.54) is 6.07 Å². The standard InChI is InChI=1S/C18H21FN2O/c1-22-17-7-5-14(6-8-17)18(21-11-9-20-10-12-21)15-3-2-4-16(19)13-15/h2-8,13,18,20H,9-12H2,1H3. The zero-order chi connectivity index (χ0) is 15.4. The molecule has 0 radical (unpaired) electrons. The van der Waals surface area contributed by atoms with Crippen LogP contribution in [0.25, 0.3) is 0 Å². The van der Waals surface area contributed by atoms with Gasteiger partial charge in [0.25, 0.3) is 0 Å². The number of benzene rings is 2. The molecule has 3 nitrogen and oxygen atoms in total. The summed E-state index contributed by atoms with van der Waals surface area (Å²) in [6.07, 6.45) is 0. The minimum Gasteiger partial charge on any atom is -0.497 e. The van der Waals surface area contributed by atoms with Crippen LogP contribution in [-0.4, -0.2) is 38.2 Å². The Hall–Kier alpha value is -1.91. The fourth-order valence-electron chi connectivity index (χ4n) is 3.02. The van der Waals surface area contributed by atoms with Crippen LogP contribution in [0.1, 0.15) is 17.2 Å². The van der Waals surface area contributed by atoms with Gasteiger partial charge in [-0.2, -0.15) is 0 Å². The summed E-state index contributed by atoms with van der Waals surface area (Å²) in [5, 5.41) is 3.37. The molecule has 0 amide bonds. The normalized spacial score (nSPS) is 17.2. The molecule has 2 aromatic carbocycles. The number of methoxy groups -OCH3 is 1. The molecule has 4 heteroatoms. The average molecular weight is 300 g/mol. The van der Waals surface area contributed by atoms with Gasteiger partial charge in [-0.1, -0.05) is 24.3 Å². The SMILES string of the molecule is COc1ccc(C(c2cccc(F)c2)N2CCNCC2)cc1. The van der Waals surface area contributed by atoms with E-state index in [1.54, 1.807) is 19.2 Å². The van der Waals surface area contributed by atoms with Gasteiger partial charge in [0, 0.05) is 26.2 Å². The maximum absolute atomic E-state index is 13.7. The van der Waals surface area contributed by atoms with E-state index in [-0.39, 0.29) is 11.9 Å². The van der Waals surface area contributed by atoms with Crippen LogP contribution in [0.2, 0.25) is 0 Å². The van der Waals surface area contributed by atoms with E-state index in [9.17, 15) is 4.39 Å². The van der Waals surface area contributed by atoms with Crippen LogP contribution in [0, 0.1) is 5.82 Å². The third-order valence-electron chi connectivity index (χ3n) is 4.11. The first-order valence-electron chi connectivity index (χ1n) is 7.62. The highest BCUT2D eigenvalue weighted by atomic mass is 19.1. The lowest BCUT2D eigenvalue weighted by Gasteiger charge is -2.35. The van der Waals surface area contributed by atoms with Gasteiger partial charge in [0.15, 0.2) is 0 Å². The van der Waals surface area contributed by atoms with Crippen LogP contribution in [0.15, 0.2) is 48.5 Å². The van der Waals surface area contributed by atoms with Gasteiger partial charge in [-0.25, -0.2) is 4.39 Å². The summed E-state index contributed by atoms with van der Waals surface area (Å²) in [5.41, 5.74) is 2.15. The largest absolute Gasteiger partial charge is 0.497 e. The summed E-state index contributed by atoms with van der Waals surface area (Å²) >= 11 is 0. The molecule has 2 aromatic rings. The number of rotatable bonds is 4. The van der Waals surface area contributed by atoms with E-state index >= 15 is 0 Å². The van der Waals surface area contributed by atoms with Gasteiger partial charge in [0.1, 0.15) is 11.6 Å². The smallest absolute Gasteiger partial charge is 0.123 e. The molecular formula is C18H21FN2O. The Morgan fingerprint density at radius 1 is 1.05 bits per heavy atom. The van der Waals surface area contributed by atoms with E-state index in [4.69, 9.17) is 4.74 Å². The van der Waals surface area contributed by atoms with Crippen molar-refractivity contribution in [2.75, 3.05) is 33.3 Å². The van der Waals surface area contributed by atoms with E-state index in [0.717, 1.165) is 43.1 Å². The highest BCUT2D eigenvalue weighted by Gasteiger charge is 2.24. The van der Waals surface area contributed by atoms with E-state index < -0.39 is 0 Å². The fourth-order valence-corrected chi connectivity index (χ4v) is 3.02. The number of hydrogen-bond donors (Lipinski definition) is 1. The molecule has 3 rings (SSSR count). The van der Waals surface area contributed by atoms with Crippen molar-refractivity contribution < 1.29 is 9.13 Å². The first-order valence-corrected chi connectivity index (χ1v) is 7.62. The van der Waals surface area contributed by atoms with Crippen molar-refractivity contribution in [1.82, 2.24) is 10.2 Å². The van der Waals surface area contributed by atoms with Crippen LogP contribution in [-0.2, 0) is 0 Å². The molecule has 1 unspecified atom stereocenters. The van der Waals surface area contributed by atoms with Crippen molar-refractivity contribution in [3.05, 3.63) is 65.5 Å². The molecule has 0 aliphatic carbocycles. The number of nitrogens with zero attached hydrogens (tertiary/aromatic N) is 1.